The second-order valence-electron chi connectivity index (χ2n) is 5.09. The van der Waals surface area contributed by atoms with Crippen LogP contribution in [-0.4, -0.2) is 18.0 Å². The van der Waals surface area contributed by atoms with E-state index in [0.717, 1.165) is 16.3 Å². The van der Waals surface area contributed by atoms with Crippen LogP contribution in [0.15, 0.2) is 77.9 Å². The van der Waals surface area contributed by atoms with Gasteiger partial charge in [-0.25, -0.2) is 5.43 Å². The number of benzene rings is 3. The molecule has 0 fully saturated rings. The molecule has 3 aromatic carbocycles. The van der Waals surface area contributed by atoms with Gasteiger partial charge in [-0.1, -0.05) is 66.7 Å². The van der Waals surface area contributed by atoms with Crippen LogP contribution in [0.5, 0.6) is 0 Å². The van der Waals surface area contributed by atoms with Crippen molar-refractivity contribution in [1.29, 1.82) is 0 Å². The molecule has 0 unspecified atom stereocenters. The Bertz CT molecular complexity index is 899. The van der Waals surface area contributed by atoms with Crippen LogP contribution in [0.25, 0.3) is 10.8 Å². The average molecular weight is 317 g/mol. The molecule has 0 saturated carbocycles. The number of fused-ring (bicyclic) bond motifs is 1. The summed E-state index contributed by atoms with van der Waals surface area (Å²) in [7, 11) is 0. The Morgan fingerprint density at radius 2 is 1.50 bits per heavy atom. The van der Waals surface area contributed by atoms with Gasteiger partial charge in [0.2, 0.25) is 0 Å². The molecule has 0 bridgehead atoms. The van der Waals surface area contributed by atoms with Crippen LogP contribution in [0.3, 0.4) is 0 Å². The molecule has 118 valence electrons. The fourth-order valence-electron chi connectivity index (χ4n) is 2.27. The molecular weight excluding hydrogens is 302 g/mol. The van der Waals surface area contributed by atoms with Crippen LogP contribution in [0.2, 0.25) is 0 Å². The predicted molar refractivity (Wildman–Crippen MR) is 94.8 cm³/mol. The van der Waals surface area contributed by atoms with Crippen molar-refractivity contribution >= 4 is 34.5 Å². The van der Waals surface area contributed by atoms with Gasteiger partial charge in [0.05, 0.1) is 6.21 Å². The highest BCUT2D eigenvalue weighted by Crippen LogP contribution is 2.22. The number of hydrogen-bond donors (Lipinski definition) is 2. The van der Waals surface area contributed by atoms with Crippen molar-refractivity contribution < 1.29 is 9.59 Å². The van der Waals surface area contributed by atoms with E-state index in [1.165, 1.54) is 6.21 Å². The monoisotopic (exact) mass is 317 g/mol. The quantitative estimate of drug-likeness (QED) is 0.443. The van der Waals surface area contributed by atoms with E-state index in [2.05, 4.69) is 15.8 Å². The zero-order valence-corrected chi connectivity index (χ0v) is 12.8. The van der Waals surface area contributed by atoms with Crippen molar-refractivity contribution in [3.8, 4) is 0 Å². The molecular formula is C19H15N3O2. The van der Waals surface area contributed by atoms with E-state index in [4.69, 9.17) is 0 Å². The summed E-state index contributed by atoms with van der Waals surface area (Å²) in [5.74, 6) is -1.59. The zero-order valence-electron chi connectivity index (χ0n) is 12.8. The molecule has 3 aromatic rings. The predicted octanol–water partition coefficient (Wildman–Crippen LogP) is 2.93. The van der Waals surface area contributed by atoms with Gasteiger partial charge in [-0.2, -0.15) is 5.10 Å². The summed E-state index contributed by atoms with van der Waals surface area (Å²) in [4.78, 5) is 23.8. The van der Waals surface area contributed by atoms with Gasteiger partial charge >= 0.3 is 11.8 Å². The molecule has 0 aromatic heterocycles. The first-order valence-electron chi connectivity index (χ1n) is 7.41. The molecule has 2 amide bonds. The smallest absolute Gasteiger partial charge is 0.317 e. The molecule has 3 rings (SSSR count). The lowest BCUT2D eigenvalue weighted by atomic mass is 10.1. The van der Waals surface area contributed by atoms with Crippen LogP contribution >= 0.6 is 0 Å². The minimum absolute atomic E-state index is 0.584. The summed E-state index contributed by atoms with van der Waals surface area (Å²) in [6.45, 7) is 0. The van der Waals surface area contributed by atoms with Gasteiger partial charge in [0.25, 0.3) is 0 Å². The summed E-state index contributed by atoms with van der Waals surface area (Å²) in [5, 5.41) is 8.24. The first-order chi connectivity index (χ1) is 11.7. The molecule has 0 saturated heterocycles. The van der Waals surface area contributed by atoms with Gasteiger partial charge in [0.1, 0.15) is 0 Å². The third-order valence-electron chi connectivity index (χ3n) is 3.42. The number of carbonyl (C=O) groups is 2. The Hall–Kier alpha value is -3.47. The van der Waals surface area contributed by atoms with Gasteiger partial charge in [0.15, 0.2) is 0 Å². The van der Waals surface area contributed by atoms with Gasteiger partial charge in [-0.3, -0.25) is 9.59 Å². The van der Waals surface area contributed by atoms with Crippen molar-refractivity contribution in [3.05, 3.63) is 78.4 Å². The Balaban J connectivity index is 1.66. The van der Waals surface area contributed by atoms with E-state index in [1.54, 1.807) is 6.07 Å². The maximum Gasteiger partial charge on any atom is 0.329 e. The third kappa shape index (κ3) is 3.64. The van der Waals surface area contributed by atoms with Crippen molar-refractivity contribution in [2.75, 3.05) is 5.32 Å². The molecule has 24 heavy (non-hydrogen) atoms. The normalized spacial score (nSPS) is 10.7. The number of rotatable bonds is 3. The maximum atomic E-state index is 12.0. The Morgan fingerprint density at radius 1 is 0.792 bits per heavy atom. The lowest BCUT2D eigenvalue weighted by Gasteiger charge is -2.07. The first-order valence-corrected chi connectivity index (χ1v) is 7.41. The lowest BCUT2D eigenvalue weighted by molar-refractivity contribution is -0.136. The highest BCUT2D eigenvalue weighted by Gasteiger charge is 2.13. The van der Waals surface area contributed by atoms with Gasteiger partial charge in [-0.15, -0.1) is 0 Å². The Morgan fingerprint density at radius 3 is 2.33 bits per heavy atom. The van der Waals surface area contributed by atoms with Crippen LogP contribution in [0.4, 0.5) is 5.69 Å². The summed E-state index contributed by atoms with van der Waals surface area (Å²) < 4.78 is 0. The van der Waals surface area contributed by atoms with Crippen LogP contribution in [-0.2, 0) is 9.59 Å². The highest BCUT2D eigenvalue weighted by molar-refractivity contribution is 6.40. The molecule has 5 nitrogen and oxygen atoms in total. The van der Waals surface area contributed by atoms with Gasteiger partial charge in [-0.05, 0) is 17.0 Å². The molecule has 2 N–H and O–H groups in total. The first kappa shape index (κ1) is 15.4. The van der Waals surface area contributed by atoms with Crippen molar-refractivity contribution in [1.82, 2.24) is 5.43 Å². The van der Waals surface area contributed by atoms with Crippen molar-refractivity contribution in [2.24, 2.45) is 5.10 Å². The standard InChI is InChI=1S/C19H15N3O2/c23-18(19(24)22-20-13-14-7-2-1-3-8-14)21-17-12-6-10-15-9-4-5-11-16(15)17/h1-13H,(H,21,23)(H,22,24). The Kier molecular flexibility index (Phi) is 4.62. The van der Waals surface area contributed by atoms with Crippen LogP contribution in [0.1, 0.15) is 5.56 Å². The molecule has 0 aliphatic carbocycles. The summed E-state index contributed by atoms with van der Waals surface area (Å²) >= 11 is 0. The number of nitrogens with zero attached hydrogens (tertiary/aromatic N) is 1. The third-order valence-corrected chi connectivity index (χ3v) is 3.42. The summed E-state index contributed by atoms with van der Waals surface area (Å²) in [5.41, 5.74) is 3.63. The topological polar surface area (TPSA) is 70.6 Å². The number of hydrazone groups is 1. The van der Waals surface area contributed by atoms with Gasteiger partial charge < -0.3 is 5.32 Å². The maximum absolute atomic E-state index is 12.0. The van der Waals surface area contributed by atoms with Crippen molar-refractivity contribution in [2.45, 2.75) is 0 Å². The van der Waals surface area contributed by atoms with E-state index in [9.17, 15) is 9.59 Å². The number of anilines is 1. The second kappa shape index (κ2) is 7.19. The highest BCUT2D eigenvalue weighted by atomic mass is 16.2. The molecule has 0 radical (unpaired) electrons. The lowest BCUT2D eigenvalue weighted by Crippen LogP contribution is -2.32. The average Bonchev–Trinajstić information content (AvgIpc) is 2.63. The molecule has 0 heterocycles. The summed E-state index contributed by atoms with van der Waals surface area (Å²) in [6.07, 6.45) is 1.48. The molecule has 0 aliphatic rings. The summed E-state index contributed by atoms with van der Waals surface area (Å²) in [6, 6.07) is 22.4. The molecule has 0 atom stereocenters. The van der Waals surface area contributed by atoms with E-state index in [1.807, 2.05) is 66.7 Å². The van der Waals surface area contributed by atoms with E-state index < -0.39 is 11.8 Å². The number of nitrogens with one attached hydrogen (secondary N) is 2. The van der Waals surface area contributed by atoms with E-state index in [-0.39, 0.29) is 0 Å². The fourth-order valence-corrected chi connectivity index (χ4v) is 2.27. The molecule has 0 aliphatic heterocycles. The minimum atomic E-state index is -0.824. The second-order valence-corrected chi connectivity index (χ2v) is 5.09. The van der Waals surface area contributed by atoms with E-state index in [0.29, 0.717) is 5.69 Å². The zero-order chi connectivity index (χ0) is 16.8. The SMILES string of the molecule is O=C(NN=Cc1ccccc1)C(=O)Nc1cccc2ccccc12. The number of amides is 2. The largest absolute Gasteiger partial charge is 0.329 e. The van der Waals surface area contributed by atoms with Crippen LogP contribution < -0.4 is 10.7 Å². The van der Waals surface area contributed by atoms with Crippen molar-refractivity contribution in [3.63, 3.8) is 0 Å². The van der Waals surface area contributed by atoms with E-state index >= 15 is 0 Å². The fraction of sp³-hybridized carbons (Fsp3) is 0. The van der Waals surface area contributed by atoms with Crippen LogP contribution in [0, 0.1) is 0 Å². The molecule has 5 heteroatoms. The number of hydrogen-bond acceptors (Lipinski definition) is 3. The Labute approximate surface area is 139 Å². The molecule has 0 spiro atoms. The minimum Gasteiger partial charge on any atom is -0.317 e. The van der Waals surface area contributed by atoms with Gasteiger partial charge in [0, 0.05) is 11.1 Å². The number of carbonyl (C=O) groups excluding carboxylic acids is 2.